The fourth-order valence-corrected chi connectivity index (χ4v) is 1.65. The minimum Gasteiger partial charge on any atom is -0.481 e. The molecule has 0 aromatic carbocycles. The molecule has 0 spiro atoms. The molecule has 0 aliphatic heterocycles. The van der Waals surface area contributed by atoms with E-state index in [2.05, 4.69) is 0 Å². The maximum Gasteiger partial charge on any atom is 0.314 e. The largest absolute Gasteiger partial charge is 0.481 e. The van der Waals surface area contributed by atoms with Crippen molar-refractivity contribution in [2.24, 2.45) is 11.8 Å². The van der Waals surface area contributed by atoms with Gasteiger partial charge in [0.05, 0.1) is 0 Å². The summed E-state index contributed by atoms with van der Waals surface area (Å²) < 4.78 is 0. The summed E-state index contributed by atoms with van der Waals surface area (Å²) in [5.41, 5.74) is 0. The second kappa shape index (κ2) is 6.57. The monoisotopic (exact) mass is 200 g/mol. The van der Waals surface area contributed by atoms with Gasteiger partial charge in [-0.05, 0) is 19.3 Å². The summed E-state index contributed by atoms with van der Waals surface area (Å²) in [6.07, 6.45) is 2.68. The number of carboxylic acids is 1. The van der Waals surface area contributed by atoms with Crippen LogP contribution in [0.15, 0.2) is 0 Å². The van der Waals surface area contributed by atoms with Gasteiger partial charge in [-0.1, -0.05) is 27.2 Å². The molecule has 0 aliphatic carbocycles. The number of aliphatic carboxylic acids is 1. The Kier molecular flexibility index (Phi) is 6.17. The first-order valence-electron chi connectivity index (χ1n) is 5.34. The van der Waals surface area contributed by atoms with Gasteiger partial charge in [-0.25, -0.2) is 0 Å². The average Bonchev–Trinajstić information content (AvgIpc) is 2.15. The second-order valence-corrected chi connectivity index (χ2v) is 3.60. The Morgan fingerprint density at radius 1 is 1.14 bits per heavy atom. The average molecular weight is 200 g/mol. The van der Waals surface area contributed by atoms with E-state index in [4.69, 9.17) is 5.11 Å². The zero-order valence-electron chi connectivity index (χ0n) is 9.25. The summed E-state index contributed by atoms with van der Waals surface area (Å²) >= 11 is 0. The molecule has 0 fully saturated rings. The maximum atomic E-state index is 11.8. The molecule has 0 rings (SSSR count). The molecule has 0 saturated carbocycles. The van der Waals surface area contributed by atoms with E-state index in [1.54, 1.807) is 0 Å². The predicted molar refractivity (Wildman–Crippen MR) is 55.1 cm³/mol. The lowest BCUT2D eigenvalue weighted by molar-refractivity contribution is -0.148. The van der Waals surface area contributed by atoms with E-state index >= 15 is 0 Å². The minimum absolute atomic E-state index is 0.0809. The van der Waals surface area contributed by atoms with Gasteiger partial charge in [0, 0.05) is 5.92 Å². The summed E-state index contributed by atoms with van der Waals surface area (Å²) in [6.45, 7) is 5.75. The Labute approximate surface area is 85.5 Å². The van der Waals surface area contributed by atoms with E-state index in [9.17, 15) is 9.59 Å². The van der Waals surface area contributed by atoms with Crippen LogP contribution in [0, 0.1) is 11.8 Å². The number of Topliss-reactive ketones (excluding diaryl/α,β-unsaturated/α-hetero) is 1. The van der Waals surface area contributed by atoms with Crippen molar-refractivity contribution < 1.29 is 14.7 Å². The molecule has 0 aromatic heterocycles. The lowest BCUT2D eigenvalue weighted by atomic mass is 9.86. The van der Waals surface area contributed by atoms with Crippen LogP contribution in [0.25, 0.3) is 0 Å². The minimum atomic E-state index is -0.969. The lowest BCUT2D eigenvalue weighted by Gasteiger charge is -2.16. The molecular weight excluding hydrogens is 180 g/mol. The number of carboxylic acid groups (broad SMARTS) is 1. The van der Waals surface area contributed by atoms with Gasteiger partial charge in [0.25, 0.3) is 0 Å². The van der Waals surface area contributed by atoms with E-state index in [0.717, 1.165) is 19.3 Å². The van der Waals surface area contributed by atoms with Crippen LogP contribution < -0.4 is 0 Å². The molecular formula is C11H20O3. The third-order valence-corrected chi connectivity index (χ3v) is 2.61. The van der Waals surface area contributed by atoms with E-state index in [1.807, 2.05) is 20.8 Å². The molecule has 0 amide bonds. The highest BCUT2D eigenvalue weighted by Crippen LogP contribution is 2.18. The van der Waals surface area contributed by atoms with Crippen LogP contribution in [0.5, 0.6) is 0 Å². The van der Waals surface area contributed by atoms with Gasteiger partial charge in [0.1, 0.15) is 11.7 Å². The lowest BCUT2D eigenvalue weighted by Crippen LogP contribution is -2.29. The number of hydrogen-bond acceptors (Lipinski definition) is 2. The zero-order valence-corrected chi connectivity index (χ0v) is 9.25. The van der Waals surface area contributed by atoms with Crippen molar-refractivity contribution in [1.82, 2.24) is 0 Å². The second-order valence-electron chi connectivity index (χ2n) is 3.60. The van der Waals surface area contributed by atoms with Gasteiger partial charge >= 0.3 is 5.97 Å². The quantitative estimate of drug-likeness (QED) is 0.642. The van der Waals surface area contributed by atoms with Gasteiger partial charge < -0.3 is 5.11 Å². The molecule has 0 aromatic rings. The Bertz CT molecular complexity index is 195. The van der Waals surface area contributed by atoms with E-state index in [1.165, 1.54) is 0 Å². The number of rotatable bonds is 7. The highest BCUT2D eigenvalue weighted by molar-refractivity contribution is 5.99. The fraction of sp³-hybridized carbons (Fsp3) is 0.818. The highest BCUT2D eigenvalue weighted by Gasteiger charge is 2.29. The van der Waals surface area contributed by atoms with Crippen molar-refractivity contribution in [3.8, 4) is 0 Å². The van der Waals surface area contributed by atoms with Gasteiger partial charge in [0.2, 0.25) is 0 Å². The van der Waals surface area contributed by atoms with Crippen LogP contribution in [0.3, 0.4) is 0 Å². The first-order chi connectivity index (χ1) is 6.58. The van der Waals surface area contributed by atoms with Gasteiger partial charge in [0.15, 0.2) is 0 Å². The molecule has 1 atom stereocenters. The Morgan fingerprint density at radius 3 is 1.93 bits per heavy atom. The van der Waals surface area contributed by atoms with Crippen molar-refractivity contribution in [1.29, 1.82) is 0 Å². The molecule has 1 unspecified atom stereocenters. The molecule has 0 bridgehead atoms. The van der Waals surface area contributed by atoms with Crippen LogP contribution in [0.4, 0.5) is 0 Å². The SMILES string of the molecule is CCCC(C(=O)O)C(=O)C(CC)CC. The van der Waals surface area contributed by atoms with Crippen LogP contribution >= 0.6 is 0 Å². The molecule has 1 N–H and O–H groups in total. The van der Waals surface area contributed by atoms with E-state index < -0.39 is 11.9 Å². The normalized spacial score (nSPS) is 12.9. The maximum absolute atomic E-state index is 11.8. The van der Waals surface area contributed by atoms with Gasteiger partial charge in [-0.3, -0.25) is 9.59 Å². The van der Waals surface area contributed by atoms with Gasteiger partial charge in [-0.2, -0.15) is 0 Å². The third-order valence-electron chi connectivity index (χ3n) is 2.61. The number of carbonyl (C=O) groups excluding carboxylic acids is 1. The zero-order chi connectivity index (χ0) is 11.1. The van der Waals surface area contributed by atoms with Crippen LogP contribution in [-0.2, 0) is 9.59 Å². The Balaban J connectivity index is 4.48. The Hall–Kier alpha value is -0.860. The first-order valence-corrected chi connectivity index (χ1v) is 5.34. The fourth-order valence-electron chi connectivity index (χ4n) is 1.65. The molecule has 0 saturated heterocycles. The number of ketones is 1. The smallest absolute Gasteiger partial charge is 0.314 e. The highest BCUT2D eigenvalue weighted by atomic mass is 16.4. The Morgan fingerprint density at radius 2 is 1.64 bits per heavy atom. The summed E-state index contributed by atoms with van der Waals surface area (Å²) in [6, 6.07) is 0. The number of hydrogen-bond donors (Lipinski definition) is 1. The summed E-state index contributed by atoms with van der Waals surface area (Å²) in [7, 11) is 0. The third kappa shape index (κ3) is 3.48. The van der Waals surface area contributed by atoms with Crippen molar-refractivity contribution in [3.05, 3.63) is 0 Å². The first kappa shape index (κ1) is 13.1. The summed E-state index contributed by atoms with van der Waals surface area (Å²) in [4.78, 5) is 22.6. The number of carbonyl (C=O) groups is 2. The van der Waals surface area contributed by atoms with Crippen LogP contribution in [0.1, 0.15) is 46.5 Å². The van der Waals surface area contributed by atoms with E-state index in [0.29, 0.717) is 6.42 Å². The molecule has 0 aliphatic rings. The molecule has 3 heteroatoms. The molecule has 0 radical (unpaired) electrons. The van der Waals surface area contributed by atoms with Crippen molar-refractivity contribution in [3.63, 3.8) is 0 Å². The van der Waals surface area contributed by atoms with Crippen LogP contribution in [0.2, 0.25) is 0 Å². The standard InChI is InChI=1S/C11H20O3/c1-4-7-9(11(13)14)10(12)8(5-2)6-3/h8-9H,4-7H2,1-3H3,(H,13,14). The molecule has 3 nitrogen and oxygen atoms in total. The van der Waals surface area contributed by atoms with Crippen molar-refractivity contribution in [2.75, 3.05) is 0 Å². The molecule has 82 valence electrons. The summed E-state index contributed by atoms with van der Waals surface area (Å²) in [5, 5.41) is 8.89. The van der Waals surface area contributed by atoms with Crippen molar-refractivity contribution in [2.45, 2.75) is 46.5 Å². The van der Waals surface area contributed by atoms with Crippen LogP contribution in [-0.4, -0.2) is 16.9 Å². The topological polar surface area (TPSA) is 54.4 Å². The van der Waals surface area contributed by atoms with Gasteiger partial charge in [-0.15, -0.1) is 0 Å². The summed E-state index contributed by atoms with van der Waals surface area (Å²) in [5.74, 6) is -1.93. The van der Waals surface area contributed by atoms with Crippen molar-refractivity contribution >= 4 is 11.8 Å². The predicted octanol–water partition coefficient (Wildman–Crippen LogP) is 2.49. The van der Waals surface area contributed by atoms with E-state index in [-0.39, 0.29) is 11.7 Å². The molecule has 0 heterocycles. The molecule has 14 heavy (non-hydrogen) atoms.